The molecule has 3 heterocycles. The summed E-state index contributed by atoms with van der Waals surface area (Å²) in [6.45, 7) is 6.73. The van der Waals surface area contributed by atoms with E-state index in [-0.39, 0.29) is 18.4 Å². The quantitative estimate of drug-likeness (QED) is 0.342. The number of nitrogens with one attached hydrogen (secondary N) is 1. The zero-order chi connectivity index (χ0) is 25.6. The van der Waals surface area contributed by atoms with E-state index in [1.165, 1.54) is 23.0 Å². The molecule has 0 saturated heterocycles. The van der Waals surface area contributed by atoms with Crippen LogP contribution in [0.25, 0.3) is 0 Å². The van der Waals surface area contributed by atoms with Gasteiger partial charge in [-0.25, -0.2) is 4.98 Å². The number of fused-ring (bicyclic) bond motifs is 1. The predicted octanol–water partition coefficient (Wildman–Crippen LogP) is 4.59. The molecular formula is C29H30N4O4. The van der Waals surface area contributed by atoms with Crippen molar-refractivity contribution < 1.29 is 18.7 Å². The van der Waals surface area contributed by atoms with Crippen molar-refractivity contribution in [1.29, 1.82) is 0 Å². The van der Waals surface area contributed by atoms with Crippen LogP contribution >= 0.6 is 0 Å². The fraction of sp³-hybridized carbons (Fsp3) is 0.276. The van der Waals surface area contributed by atoms with E-state index < -0.39 is 0 Å². The van der Waals surface area contributed by atoms with Crippen LogP contribution in [0.1, 0.15) is 44.3 Å². The Hall–Kier alpha value is -4.17. The van der Waals surface area contributed by atoms with E-state index in [0.717, 1.165) is 22.8 Å². The van der Waals surface area contributed by atoms with Gasteiger partial charge in [-0.05, 0) is 54.8 Å². The number of aryl methyl sites for hydroxylation is 2. The maximum atomic E-state index is 12.6. The molecule has 0 unspecified atom stereocenters. The van der Waals surface area contributed by atoms with Gasteiger partial charge >= 0.3 is 0 Å². The van der Waals surface area contributed by atoms with Gasteiger partial charge in [-0.2, -0.15) is 0 Å². The third kappa shape index (κ3) is 6.34. The number of carbonyl (C=O) groups excluding carboxylic acids is 1. The van der Waals surface area contributed by atoms with Crippen molar-refractivity contribution in [3.63, 3.8) is 0 Å². The topological polar surface area (TPSA) is 89.7 Å². The molecule has 1 amide bonds. The smallest absolute Gasteiger partial charge is 0.273 e. The lowest BCUT2D eigenvalue weighted by Gasteiger charge is -2.22. The zero-order valence-corrected chi connectivity index (χ0v) is 21.1. The molecule has 37 heavy (non-hydrogen) atoms. The first kappa shape index (κ1) is 24.5. The lowest BCUT2D eigenvalue weighted by Crippen LogP contribution is -2.26. The normalized spacial score (nSPS) is 12.2. The molecule has 1 aliphatic rings. The molecule has 0 bridgehead atoms. The highest BCUT2D eigenvalue weighted by Crippen LogP contribution is 2.33. The van der Waals surface area contributed by atoms with E-state index in [1.54, 1.807) is 6.20 Å². The number of amides is 1. The number of hydrogen-bond donors (Lipinski definition) is 1. The first-order valence-corrected chi connectivity index (χ1v) is 12.3. The molecule has 8 nitrogen and oxygen atoms in total. The van der Waals surface area contributed by atoms with Crippen molar-refractivity contribution in [1.82, 2.24) is 20.2 Å². The van der Waals surface area contributed by atoms with Crippen LogP contribution in [0.4, 0.5) is 0 Å². The summed E-state index contributed by atoms with van der Waals surface area (Å²) >= 11 is 0. The largest absolute Gasteiger partial charge is 0.454 e. The minimum atomic E-state index is -0.261. The van der Waals surface area contributed by atoms with Crippen LogP contribution in [-0.2, 0) is 26.1 Å². The van der Waals surface area contributed by atoms with Crippen molar-refractivity contribution in [2.24, 2.45) is 0 Å². The van der Waals surface area contributed by atoms with Crippen LogP contribution < -0.4 is 14.8 Å². The standard InChI is InChI=1S/C29H30N4O4/c1-20-6-7-21(2)23(13-20)16-33(15-22-8-9-26-27(14-22)37-19-36-26)17-28-32-25(18-35-28)29(34)31-12-10-24-5-3-4-11-30-24/h3-9,11,13-14,18H,10,12,15-17,19H2,1-2H3,(H,31,34). The van der Waals surface area contributed by atoms with Crippen molar-refractivity contribution >= 4 is 5.91 Å². The summed E-state index contributed by atoms with van der Waals surface area (Å²) in [6.07, 6.45) is 3.81. The Morgan fingerprint density at radius 2 is 1.89 bits per heavy atom. The van der Waals surface area contributed by atoms with E-state index in [9.17, 15) is 4.79 Å². The van der Waals surface area contributed by atoms with Gasteiger partial charge in [0.1, 0.15) is 6.26 Å². The van der Waals surface area contributed by atoms with Gasteiger partial charge in [0, 0.05) is 37.9 Å². The Morgan fingerprint density at radius 3 is 2.76 bits per heavy atom. The molecule has 0 atom stereocenters. The van der Waals surface area contributed by atoms with Crippen LogP contribution in [0, 0.1) is 13.8 Å². The maximum Gasteiger partial charge on any atom is 0.273 e. The van der Waals surface area contributed by atoms with Gasteiger partial charge in [-0.1, -0.05) is 35.9 Å². The van der Waals surface area contributed by atoms with Crippen molar-refractivity contribution in [3.8, 4) is 11.5 Å². The molecule has 0 aliphatic carbocycles. The van der Waals surface area contributed by atoms with Gasteiger partial charge in [0.2, 0.25) is 12.7 Å². The first-order chi connectivity index (χ1) is 18.0. The summed E-state index contributed by atoms with van der Waals surface area (Å²) < 4.78 is 16.7. The number of aromatic nitrogens is 2. The summed E-state index contributed by atoms with van der Waals surface area (Å²) in [5.41, 5.74) is 5.96. The molecule has 0 radical (unpaired) electrons. The number of rotatable bonds is 10. The molecule has 4 aromatic rings. The number of oxazole rings is 1. The summed E-state index contributed by atoms with van der Waals surface area (Å²) in [6, 6.07) is 18.2. The highest BCUT2D eigenvalue weighted by Gasteiger charge is 2.18. The van der Waals surface area contributed by atoms with Gasteiger partial charge in [0.05, 0.1) is 6.54 Å². The monoisotopic (exact) mass is 498 g/mol. The number of pyridine rings is 1. The van der Waals surface area contributed by atoms with Gasteiger partial charge < -0.3 is 19.2 Å². The van der Waals surface area contributed by atoms with Gasteiger partial charge in [-0.15, -0.1) is 0 Å². The van der Waals surface area contributed by atoms with Crippen molar-refractivity contribution in [2.45, 2.75) is 39.9 Å². The van der Waals surface area contributed by atoms with E-state index >= 15 is 0 Å². The van der Waals surface area contributed by atoms with Crippen LogP contribution in [0.3, 0.4) is 0 Å². The van der Waals surface area contributed by atoms with E-state index in [4.69, 9.17) is 13.9 Å². The third-order valence-electron chi connectivity index (χ3n) is 6.28. The molecule has 2 aromatic carbocycles. The Balaban J connectivity index is 1.27. The molecule has 2 aromatic heterocycles. The number of nitrogens with zero attached hydrogens (tertiary/aromatic N) is 3. The minimum Gasteiger partial charge on any atom is -0.454 e. The first-order valence-electron chi connectivity index (χ1n) is 12.3. The SMILES string of the molecule is Cc1ccc(C)c(CN(Cc2ccc3c(c2)OCO3)Cc2nc(C(=O)NCCc3ccccn3)co2)c1. The average molecular weight is 499 g/mol. The molecule has 0 fully saturated rings. The zero-order valence-electron chi connectivity index (χ0n) is 21.1. The van der Waals surface area contributed by atoms with Crippen LogP contribution in [-0.4, -0.2) is 34.1 Å². The summed E-state index contributed by atoms with van der Waals surface area (Å²) in [5.74, 6) is 1.74. The molecule has 1 aliphatic heterocycles. The van der Waals surface area contributed by atoms with E-state index in [0.29, 0.717) is 38.5 Å². The van der Waals surface area contributed by atoms with Gasteiger partial charge in [0.15, 0.2) is 17.2 Å². The highest BCUT2D eigenvalue weighted by atomic mass is 16.7. The fourth-order valence-electron chi connectivity index (χ4n) is 4.30. The Kier molecular flexibility index (Phi) is 7.46. The molecular weight excluding hydrogens is 468 g/mol. The Morgan fingerprint density at radius 1 is 1.00 bits per heavy atom. The fourth-order valence-corrected chi connectivity index (χ4v) is 4.30. The molecule has 8 heteroatoms. The lowest BCUT2D eigenvalue weighted by molar-refractivity contribution is 0.0949. The summed E-state index contributed by atoms with van der Waals surface area (Å²) in [7, 11) is 0. The van der Waals surface area contributed by atoms with E-state index in [2.05, 4.69) is 52.2 Å². The van der Waals surface area contributed by atoms with Crippen LogP contribution in [0.2, 0.25) is 0 Å². The summed E-state index contributed by atoms with van der Waals surface area (Å²) in [5, 5.41) is 2.89. The van der Waals surface area contributed by atoms with Crippen LogP contribution in [0.15, 0.2) is 71.5 Å². The molecule has 0 saturated carbocycles. The molecule has 1 N–H and O–H groups in total. The average Bonchev–Trinajstić information content (AvgIpc) is 3.56. The van der Waals surface area contributed by atoms with Crippen molar-refractivity contribution in [3.05, 3.63) is 107 Å². The molecule has 5 rings (SSSR count). The second-order valence-electron chi connectivity index (χ2n) is 9.22. The van der Waals surface area contributed by atoms with Crippen LogP contribution in [0.5, 0.6) is 11.5 Å². The summed E-state index contributed by atoms with van der Waals surface area (Å²) in [4.78, 5) is 23.6. The van der Waals surface area contributed by atoms with Gasteiger partial charge in [-0.3, -0.25) is 14.7 Å². The molecule has 0 spiro atoms. The third-order valence-corrected chi connectivity index (χ3v) is 6.28. The van der Waals surface area contributed by atoms with E-state index in [1.807, 2.05) is 36.4 Å². The number of ether oxygens (including phenoxy) is 2. The number of carbonyl (C=O) groups is 1. The number of benzene rings is 2. The second kappa shape index (κ2) is 11.3. The maximum absolute atomic E-state index is 12.6. The van der Waals surface area contributed by atoms with Crippen molar-refractivity contribution in [2.75, 3.05) is 13.3 Å². The number of hydrogen-bond acceptors (Lipinski definition) is 7. The second-order valence-corrected chi connectivity index (χ2v) is 9.22. The highest BCUT2D eigenvalue weighted by molar-refractivity contribution is 5.91. The van der Waals surface area contributed by atoms with Gasteiger partial charge in [0.25, 0.3) is 5.91 Å². The Bertz CT molecular complexity index is 1370. The Labute approximate surface area is 216 Å². The molecule has 190 valence electrons. The minimum absolute atomic E-state index is 0.244. The predicted molar refractivity (Wildman–Crippen MR) is 138 cm³/mol. The lowest BCUT2D eigenvalue weighted by atomic mass is 10.0.